The molecule has 4 atom stereocenters. The van der Waals surface area contributed by atoms with Gasteiger partial charge in [-0.25, -0.2) is 14.8 Å². The number of carboxylic acid groups (broad SMARTS) is 1. The van der Waals surface area contributed by atoms with Crippen molar-refractivity contribution in [3.05, 3.63) is 72.3 Å². The van der Waals surface area contributed by atoms with E-state index in [2.05, 4.69) is 35.9 Å². The van der Waals surface area contributed by atoms with Crippen molar-refractivity contribution in [2.45, 2.75) is 50.4 Å². The number of rotatable bonds is 13. The standard InChI is InChI=1S/C24H30N8O5/c1-14(21(33)32-20(24(36)37)9-17-11-27-13-29-17)30-23(35)19(8-16-10-26-12-28-16)31-22(34)18(25)7-15-5-3-2-4-6-15/h2-6,10-14,18-20H,7-9,25H2,1H3,(H,26,28)(H,27,29)(H,30,35)(H,31,34)(H,32,33)(H,36,37). The number of nitrogens with one attached hydrogen (secondary N) is 5. The van der Waals surface area contributed by atoms with Gasteiger partial charge in [-0.3, -0.25) is 14.4 Å². The van der Waals surface area contributed by atoms with Crippen molar-refractivity contribution in [3.8, 4) is 0 Å². The summed E-state index contributed by atoms with van der Waals surface area (Å²) >= 11 is 0. The van der Waals surface area contributed by atoms with Gasteiger partial charge in [0.25, 0.3) is 0 Å². The Labute approximate surface area is 212 Å². The lowest BCUT2D eigenvalue weighted by atomic mass is 10.0. The topological polar surface area (TPSA) is 208 Å². The zero-order chi connectivity index (χ0) is 26.8. The van der Waals surface area contributed by atoms with Crippen molar-refractivity contribution in [3.63, 3.8) is 0 Å². The number of nitrogens with two attached hydrogens (primary N) is 1. The molecule has 2 aromatic heterocycles. The number of aromatic amines is 2. The number of amides is 3. The highest BCUT2D eigenvalue weighted by Gasteiger charge is 2.29. The fourth-order valence-corrected chi connectivity index (χ4v) is 3.56. The number of aromatic nitrogens is 4. The van der Waals surface area contributed by atoms with Gasteiger partial charge in [0.1, 0.15) is 18.1 Å². The van der Waals surface area contributed by atoms with E-state index in [9.17, 15) is 24.3 Å². The Morgan fingerprint density at radius 3 is 1.95 bits per heavy atom. The highest BCUT2D eigenvalue weighted by Crippen LogP contribution is 2.05. The molecule has 2 heterocycles. The van der Waals surface area contributed by atoms with Gasteiger partial charge >= 0.3 is 5.97 Å². The third-order valence-corrected chi connectivity index (χ3v) is 5.59. The molecule has 1 aromatic carbocycles. The van der Waals surface area contributed by atoms with Gasteiger partial charge in [-0.1, -0.05) is 30.3 Å². The van der Waals surface area contributed by atoms with Crippen LogP contribution in [0.3, 0.4) is 0 Å². The minimum Gasteiger partial charge on any atom is -0.480 e. The first kappa shape index (κ1) is 27.1. The quantitative estimate of drug-likeness (QED) is 0.152. The summed E-state index contributed by atoms with van der Waals surface area (Å²) < 4.78 is 0. The highest BCUT2D eigenvalue weighted by atomic mass is 16.4. The normalized spacial score (nSPS) is 14.1. The lowest BCUT2D eigenvalue weighted by Crippen LogP contribution is -2.57. The Balaban J connectivity index is 1.62. The second-order valence-electron chi connectivity index (χ2n) is 8.55. The molecule has 37 heavy (non-hydrogen) atoms. The molecule has 0 spiro atoms. The fourth-order valence-electron chi connectivity index (χ4n) is 3.56. The molecule has 0 bridgehead atoms. The van der Waals surface area contributed by atoms with Crippen molar-refractivity contribution >= 4 is 23.7 Å². The third-order valence-electron chi connectivity index (χ3n) is 5.59. The molecule has 3 amide bonds. The molecule has 0 aliphatic carbocycles. The summed E-state index contributed by atoms with van der Waals surface area (Å²) in [4.78, 5) is 63.5. The van der Waals surface area contributed by atoms with Crippen LogP contribution in [-0.4, -0.2) is 72.9 Å². The monoisotopic (exact) mass is 510 g/mol. The van der Waals surface area contributed by atoms with Crippen LogP contribution in [0.1, 0.15) is 23.9 Å². The molecule has 196 valence electrons. The number of H-pyrrole nitrogens is 2. The van der Waals surface area contributed by atoms with Gasteiger partial charge in [-0.15, -0.1) is 0 Å². The van der Waals surface area contributed by atoms with Gasteiger partial charge in [0, 0.05) is 36.6 Å². The van der Waals surface area contributed by atoms with Crippen molar-refractivity contribution < 1.29 is 24.3 Å². The van der Waals surface area contributed by atoms with Crippen LogP contribution in [-0.2, 0) is 38.4 Å². The molecule has 13 heteroatoms. The molecule has 0 radical (unpaired) electrons. The lowest BCUT2D eigenvalue weighted by molar-refractivity contribution is -0.142. The Hall–Kier alpha value is -4.52. The fraction of sp³-hybridized carbons (Fsp3) is 0.333. The molecule has 0 aliphatic rings. The Morgan fingerprint density at radius 1 is 0.838 bits per heavy atom. The van der Waals surface area contributed by atoms with E-state index in [-0.39, 0.29) is 19.3 Å². The molecule has 3 aromatic rings. The molecule has 0 saturated heterocycles. The molecule has 3 rings (SSSR count). The van der Waals surface area contributed by atoms with Crippen LogP contribution in [0.5, 0.6) is 0 Å². The summed E-state index contributed by atoms with van der Waals surface area (Å²) in [5, 5.41) is 17.1. The van der Waals surface area contributed by atoms with Gasteiger partial charge < -0.3 is 36.8 Å². The average molecular weight is 511 g/mol. The average Bonchev–Trinajstić information content (AvgIpc) is 3.58. The van der Waals surface area contributed by atoms with Gasteiger partial charge in [0.05, 0.1) is 18.7 Å². The van der Waals surface area contributed by atoms with E-state index in [0.29, 0.717) is 11.4 Å². The van der Waals surface area contributed by atoms with Crippen LogP contribution in [0.25, 0.3) is 0 Å². The maximum absolute atomic E-state index is 13.1. The zero-order valence-corrected chi connectivity index (χ0v) is 20.2. The molecular weight excluding hydrogens is 480 g/mol. The zero-order valence-electron chi connectivity index (χ0n) is 20.2. The van der Waals surface area contributed by atoms with Crippen LogP contribution < -0.4 is 21.7 Å². The first-order valence-electron chi connectivity index (χ1n) is 11.6. The third kappa shape index (κ3) is 8.28. The van der Waals surface area contributed by atoms with E-state index in [1.54, 1.807) is 0 Å². The summed E-state index contributed by atoms with van der Waals surface area (Å²) in [6.45, 7) is 1.42. The number of carboxylic acids is 1. The summed E-state index contributed by atoms with van der Waals surface area (Å²) in [6.07, 6.45) is 6.14. The molecule has 8 N–H and O–H groups in total. The Kier molecular flexibility index (Phi) is 9.49. The van der Waals surface area contributed by atoms with Gasteiger partial charge in [0.2, 0.25) is 17.7 Å². The molecule has 0 aliphatic heterocycles. The Bertz CT molecular complexity index is 1170. The summed E-state index contributed by atoms with van der Waals surface area (Å²) in [6, 6.07) is 4.93. The van der Waals surface area contributed by atoms with Crippen molar-refractivity contribution in [2.24, 2.45) is 5.73 Å². The second-order valence-corrected chi connectivity index (χ2v) is 8.55. The summed E-state index contributed by atoms with van der Waals surface area (Å²) in [7, 11) is 0. The number of hydrogen-bond acceptors (Lipinski definition) is 7. The number of imidazole rings is 2. The van der Waals surface area contributed by atoms with Crippen molar-refractivity contribution in [1.82, 2.24) is 35.9 Å². The largest absolute Gasteiger partial charge is 0.480 e. The molecule has 0 fully saturated rings. The van der Waals surface area contributed by atoms with Crippen LogP contribution in [0.4, 0.5) is 0 Å². The maximum Gasteiger partial charge on any atom is 0.326 e. The van der Waals surface area contributed by atoms with Crippen LogP contribution in [0, 0.1) is 0 Å². The summed E-state index contributed by atoms with van der Waals surface area (Å²) in [5.41, 5.74) is 8.05. The minimum atomic E-state index is -1.24. The van der Waals surface area contributed by atoms with Crippen LogP contribution >= 0.6 is 0 Å². The molecule has 4 unspecified atom stereocenters. The van der Waals surface area contributed by atoms with E-state index < -0.39 is 47.9 Å². The van der Waals surface area contributed by atoms with E-state index >= 15 is 0 Å². The predicted octanol–water partition coefficient (Wildman–Crippen LogP) is -0.953. The SMILES string of the molecule is CC(NC(=O)C(Cc1cnc[nH]1)NC(=O)C(N)Cc1ccccc1)C(=O)NC(Cc1cnc[nH]1)C(=O)O. The number of hydrogen-bond donors (Lipinski definition) is 7. The number of carbonyl (C=O) groups excluding carboxylic acids is 3. The van der Waals surface area contributed by atoms with Gasteiger partial charge in [-0.2, -0.15) is 0 Å². The predicted molar refractivity (Wildman–Crippen MR) is 132 cm³/mol. The van der Waals surface area contributed by atoms with Crippen LogP contribution in [0.15, 0.2) is 55.4 Å². The van der Waals surface area contributed by atoms with Gasteiger partial charge in [-0.05, 0) is 18.9 Å². The van der Waals surface area contributed by atoms with Crippen molar-refractivity contribution in [1.29, 1.82) is 0 Å². The number of nitrogens with zero attached hydrogens (tertiary/aromatic N) is 2. The van der Waals surface area contributed by atoms with Gasteiger partial charge in [0.15, 0.2) is 0 Å². The smallest absolute Gasteiger partial charge is 0.326 e. The summed E-state index contributed by atoms with van der Waals surface area (Å²) in [5.74, 6) is -3.12. The molecule has 13 nitrogen and oxygen atoms in total. The number of benzene rings is 1. The van der Waals surface area contributed by atoms with E-state index in [4.69, 9.17) is 5.73 Å². The van der Waals surface area contributed by atoms with Crippen molar-refractivity contribution in [2.75, 3.05) is 0 Å². The van der Waals surface area contributed by atoms with Crippen LogP contribution in [0.2, 0.25) is 0 Å². The number of carbonyl (C=O) groups is 4. The lowest BCUT2D eigenvalue weighted by Gasteiger charge is -2.23. The number of aliphatic carboxylic acids is 1. The van der Waals surface area contributed by atoms with E-state index in [0.717, 1.165) is 5.56 Å². The first-order valence-corrected chi connectivity index (χ1v) is 11.6. The first-order chi connectivity index (χ1) is 17.7. The molecule has 0 saturated carbocycles. The Morgan fingerprint density at radius 2 is 1.41 bits per heavy atom. The van der Waals surface area contributed by atoms with E-state index in [1.165, 1.54) is 32.0 Å². The maximum atomic E-state index is 13.1. The second kappa shape index (κ2) is 13.0. The minimum absolute atomic E-state index is 0.0143. The molecular formula is C24H30N8O5. The van der Waals surface area contributed by atoms with E-state index in [1.807, 2.05) is 30.3 Å². The highest BCUT2D eigenvalue weighted by molar-refractivity contribution is 5.94.